The summed E-state index contributed by atoms with van der Waals surface area (Å²) in [6.07, 6.45) is 4.22. The van der Waals surface area contributed by atoms with E-state index in [1.165, 1.54) is 26.4 Å². The van der Waals surface area contributed by atoms with Gasteiger partial charge in [-0.1, -0.05) is 30.4 Å². The van der Waals surface area contributed by atoms with Crippen molar-refractivity contribution >= 4 is 11.6 Å². The number of carbonyl (C=O) groups is 1. The summed E-state index contributed by atoms with van der Waals surface area (Å²) in [7, 11) is 3.06. The number of amides is 1. The number of methoxy groups -OCH3 is 2. The van der Waals surface area contributed by atoms with E-state index in [4.69, 9.17) is 19.9 Å². The first-order valence-corrected chi connectivity index (χ1v) is 12.1. The fraction of sp³-hybridized carbons (Fsp3) is 0.393. The van der Waals surface area contributed by atoms with Crippen LogP contribution in [0.3, 0.4) is 0 Å². The number of alkyl halides is 3. The van der Waals surface area contributed by atoms with Gasteiger partial charge in [0.05, 0.1) is 45.5 Å². The lowest BCUT2D eigenvalue weighted by Crippen LogP contribution is -2.41. The van der Waals surface area contributed by atoms with Crippen LogP contribution in [0.2, 0.25) is 0 Å². The first-order chi connectivity index (χ1) is 17.7. The number of anilines is 1. The molecule has 4 rings (SSSR count). The highest BCUT2D eigenvalue weighted by molar-refractivity contribution is 5.95. The monoisotopic (exact) mass is 518 g/mol. The lowest BCUT2D eigenvalue weighted by atomic mass is 10.0. The number of nitrogens with zero attached hydrogens (tertiary/aromatic N) is 1. The second kappa shape index (κ2) is 13.3. The van der Waals surface area contributed by atoms with Gasteiger partial charge in [0.15, 0.2) is 11.5 Å². The number of nitrogens with two attached hydrogens (primary N) is 1. The molecule has 1 fully saturated rings. The van der Waals surface area contributed by atoms with Crippen LogP contribution in [-0.2, 0) is 22.1 Å². The van der Waals surface area contributed by atoms with Gasteiger partial charge in [0.25, 0.3) is 0 Å². The Morgan fingerprint density at radius 1 is 1.05 bits per heavy atom. The van der Waals surface area contributed by atoms with Crippen LogP contribution in [0.4, 0.5) is 18.9 Å². The molecule has 0 bridgehead atoms. The number of rotatable bonds is 8. The molecule has 2 aromatic rings. The average Bonchev–Trinajstić information content (AvgIpc) is 2.88. The van der Waals surface area contributed by atoms with E-state index in [-0.39, 0.29) is 12.3 Å². The average molecular weight is 519 g/mol. The molecule has 0 atom stereocenters. The number of benzene rings is 2. The number of carbonyl (C=O) groups excluding carboxylic acids is 1. The summed E-state index contributed by atoms with van der Waals surface area (Å²) in [5.74, 6) is 0.945. The Hall–Kier alpha value is -3.30. The van der Waals surface area contributed by atoms with Crippen molar-refractivity contribution in [2.75, 3.05) is 38.9 Å². The quantitative estimate of drug-likeness (QED) is 0.513. The molecule has 200 valence electrons. The number of halogens is 3. The highest BCUT2D eigenvalue weighted by atomic mass is 19.4. The van der Waals surface area contributed by atoms with Crippen LogP contribution in [0.25, 0.3) is 0 Å². The SMILES string of the molecule is COc1ccc(N(CCc2ccc(C(F)(F)F)cc2)C(=O)CC2=CCCC=C2)cc1OC.NC1COC1. The summed E-state index contributed by atoms with van der Waals surface area (Å²) in [4.78, 5) is 14.8. The van der Waals surface area contributed by atoms with Gasteiger partial charge in [-0.25, -0.2) is 0 Å². The van der Waals surface area contributed by atoms with Crippen LogP contribution in [0.5, 0.6) is 11.5 Å². The lowest BCUT2D eigenvalue weighted by Gasteiger charge is -2.25. The van der Waals surface area contributed by atoms with Crippen molar-refractivity contribution in [3.05, 3.63) is 77.4 Å². The Kier molecular flexibility index (Phi) is 10.2. The van der Waals surface area contributed by atoms with Gasteiger partial charge in [-0.05, 0) is 54.7 Å². The summed E-state index contributed by atoms with van der Waals surface area (Å²) in [5.41, 5.74) is 6.88. The normalized spacial score (nSPS) is 15.1. The van der Waals surface area contributed by atoms with E-state index in [0.717, 1.165) is 43.8 Å². The van der Waals surface area contributed by atoms with Crippen molar-refractivity contribution < 1.29 is 32.2 Å². The number of hydrogen-bond donors (Lipinski definition) is 1. The number of hydrogen-bond acceptors (Lipinski definition) is 5. The predicted molar refractivity (Wildman–Crippen MR) is 137 cm³/mol. The molecule has 2 aromatic carbocycles. The molecule has 1 aliphatic carbocycles. The first kappa shape index (κ1) is 28.3. The zero-order chi connectivity index (χ0) is 26.8. The number of allylic oxidation sites excluding steroid dienone is 3. The minimum absolute atomic E-state index is 0.0954. The molecule has 37 heavy (non-hydrogen) atoms. The lowest BCUT2D eigenvalue weighted by molar-refractivity contribution is -0.137. The summed E-state index contributed by atoms with van der Waals surface area (Å²) in [6.45, 7) is 1.84. The second-order valence-corrected chi connectivity index (χ2v) is 8.76. The molecule has 0 aromatic heterocycles. The van der Waals surface area contributed by atoms with Crippen molar-refractivity contribution in [1.82, 2.24) is 0 Å². The van der Waals surface area contributed by atoms with E-state index in [1.54, 1.807) is 23.1 Å². The molecular weight excluding hydrogens is 485 g/mol. The third kappa shape index (κ3) is 8.36. The van der Waals surface area contributed by atoms with Gasteiger partial charge < -0.3 is 24.8 Å². The zero-order valence-electron chi connectivity index (χ0n) is 21.1. The standard InChI is InChI=1S/C25H26F3NO3.C3H7NO/c1-31-22-13-12-21(17-23(22)32-2)29(24(30)16-19-6-4-3-5-7-19)15-14-18-8-10-20(11-9-18)25(26,27)28;4-3-1-5-2-3/h4,6-13,17H,3,5,14-16H2,1-2H3;3H,1-2,4H2. The van der Waals surface area contributed by atoms with Crippen LogP contribution < -0.4 is 20.1 Å². The molecule has 0 saturated carbocycles. The molecule has 1 heterocycles. The van der Waals surface area contributed by atoms with E-state index in [0.29, 0.717) is 41.8 Å². The molecule has 1 amide bonds. The largest absolute Gasteiger partial charge is 0.493 e. The minimum Gasteiger partial charge on any atom is -0.493 e. The van der Waals surface area contributed by atoms with Crippen LogP contribution in [0.15, 0.2) is 66.3 Å². The molecule has 0 unspecified atom stereocenters. The summed E-state index contributed by atoms with van der Waals surface area (Å²) in [5, 5.41) is 0. The highest BCUT2D eigenvalue weighted by Crippen LogP contribution is 2.33. The summed E-state index contributed by atoms with van der Waals surface area (Å²) in [6, 6.07) is 10.6. The highest BCUT2D eigenvalue weighted by Gasteiger charge is 2.30. The van der Waals surface area contributed by atoms with Gasteiger partial charge in [0.2, 0.25) is 5.91 Å². The topological polar surface area (TPSA) is 74.0 Å². The zero-order valence-corrected chi connectivity index (χ0v) is 21.1. The van der Waals surface area contributed by atoms with Gasteiger partial charge in [0.1, 0.15) is 0 Å². The van der Waals surface area contributed by atoms with Crippen molar-refractivity contribution in [1.29, 1.82) is 0 Å². The van der Waals surface area contributed by atoms with E-state index in [1.807, 2.05) is 12.2 Å². The van der Waals surface area contributed by atoms with Crippen LogP contribution in [0, 0.1) is 0 Å². The molecule has 0 radical (unpaired) electrons. The van der Waals surface area contributed by atoms with E-state index >= 15 is 0 Å². The van der Waals surface area contributed by atoms with Gasteiger partial charge in [0, 0.05) is 18.3 Å². The molecule has 1 aliphatic heterocycles. The maximum absolute atomic E-state index is 13.2. The van der Waals surface area contributed by atoms with Crippen LogP contribution in [-0.4, -0.2) is 45.9 Å². The van der Waals surface area contributed by atoms with Gasteiger partial charge in [-0.15, -0.1) is 0 Å². The third-order valence-corrected chi connectivity index (χ3v) is 5.98. The number of ether oxygens (including phenoxy) is 3. The van der Waals surface area contributed by atoms with Crippen LogP contribution >= 0.6 is 0 Å². The Balaban J connectivity index is 0.000000678. The fourth-order valence-corrected chi connectivity index (χ4v) is 3.81. The Labute approximate surface area is 215 Å². The smallest absolute Gasteiger partial charge is 0.416 e. The molecule has 2 N–H and O–H groups in total. The maximum Gasteiger partial charge on any atom is 0.416 e. The molecule has 1 saturated heterocycles. The van der Waals surface area contributed by atoms with Gasteiger partial charge in [-0.3, -0.25) is 4.79 Å². The minimum atomic E-state index is -4.37. The Morgan fingerprint density at radius 2 is 1.73 bits per heavy atom. The molecule has 6 nitrogen and oxygen atoms in total. The van der Waals surface area contributed by atoms with E-state index in [2.05, 4.69) is 6.08 Å². The molecule has 0 spiro atoms. The predicted octanol–water partition coefficient (Wildman–Crippen LogP) is 5.31. The van der Waals surface area contributed by atoms with Crippen LogP contribution in [0.1, 0.15) is 30.4 Å². The van der Waals surface area contributed by atoms with E-state index in [9.17, 15) is 18.0 Å². The molecule has 2 aliphatic rings. The van der Waals surface area contributed by atoms with Gasteiger partial charge in [-0.2, -0.15) is 13.2 Å². The first-order valence-electron chi connectivity index (χ1n) is 12.1. The third-order valence-electron chi connectivity index (χ3n) is 5.98. The maximum atomic E-state index is 13.2. The molecular formula is C28H33F3N2O4. The van der Waals surface area contributed by atoms with Crippen molar-refractivity contribution in [2.45, 2.75) is 37.9 Å². The van der Waals surface area contributed by atoms with Gasteiger partial charge >= 0.3 is 6.18 Å². The van der Waals surface area contributed by atoms with Crippen molar-refractivity contribution in [3.8, 4) is 11.5 Å². The second-order valence-electron chi connectivity index (χ2n) is 8.76. The fourth-order valence-electron chi connectivity index (χ4n) is 3.81. The Bertz CT molecular complexity index is 1090. The van der Waals surface area contributed by atoms with Crippen molar-refractivity contribution in [3.63, 3.8) is 0 Å². The molecule has 9 heteroatoms. The van der Waals surface area contributed by atoms with Crippen molar-refractivity contribution in [2.24, 2.45) is 5.73 Å². The Morgan fingerprint density at radius 3 is 2.24 bits per heavy atom. The summed E-state index contributed by atoms with van der Waals surface area (Å²) < 4.78 is 53.9. The summed E-state index contributed by atoms with van der Waals surface area (Å²) >= 11 is 0. The van der Waals surface area contributed by atoms with E-state index < -0.39 is 11.7 Å².